The molecule has 1 aromatic carbocycles. The summed E-state index contributed by atoms with van der Waals surface area (Å²) in [5, 5.41) is 20.5. The van der Waals surface area contributed by atoms with Gasteiger partial charge in [0.15, 0.2) is 6.10 Å². The summed E-state index contributed by atoms with van der Waals surface area (Å²) in [6.45, 7) is -0.0709. The number of aliphatic hydroxyl groups excluding tert-OH is 1. The number of amides is 1. The summed E-state index contributed by atoms with van der Waals surface area (Å²) < 4.78 is 5.02. The van der Waals surface area contributed by atoms with Crippen LogP contribution in [-0.2, 0) is 4.79 Å². The van der Waals surface area contributed by atoms with Crippen molar-refractivity contribution in [3.8, 4) is 0 Å². The van der Waals surface area contributed by atoms with Crippen molar-refractivity contribution in [2.75, 3.05) is 6.54 Å². The lowest BCUT2D eigenvalue weighted by Crippen LogP contribution is -2.32. The topological polar surface area (TPSA) is 117 Å². The molecule has 2 aromatic rings. The summed E-state index contributed by atoms with van der Waals surface area (Å²) in [5.74, 6) is -2.04. The van der Waals surface area contributed by atoms with Crippen LogP contribution in [0.15, 0.2) is 39.5 Å². The van der Waals surface area contributed by atoms with Crippen LogP contribution < -0.4 is 10.9 Å². The summed E-state index contributed by atoms with van der Waals surface area (Å²) in [6, 6.07) is 8.17. The number of carbonyl (C=O) groups excluding carboxylic acids is 1. The highest BCUT2D eigenvalue weighted by Crippen LogP contribution is 2.12. The number of aliphatic carboxylic acids is 1. The quantitative estimate of drug-likeness (QED) is 0.685. The molecule has 0 aliphatic carbocycles. The van der Waals surface area contributed by atoms with Crippen LogP contribution in [0.5, 0.6) is 0 Å². The van der Waals surface area contributed by atoms with Gasteiger partial charge in [-0.05, 0) is 12.1 Å². The number of carbonyl (C=O) groups is 2. The molecule has 7 nitrogen and oxygen atoms in total. The molecule has 0 spiro atoms. The van der Waals surface area contributed by atoms with E-state index in [1.807, 2.05) is 0 Å². The monoisotopic (exact) mass is 291 g/mol. The molecule has 0 saturated carbocycles. The summed E-state index contributed by atoms with van der Waals surface area (Å²) in [5.41, 5.74) is -0.566. The minimum atomic E-state index is -1.56. The molecule has 110 valence electrons. The highest BCUT2D eigenvalue weighted by molar-refractivity contribution is 5.96. The zero-order valence-electron chi connectivity index (χ0n) is 10.9. The van der Waals surface area contributed by atoms with Crippen LogP contribution >= 0.6 is 0 Å². The second-order valence-electron chi connectivity index (χ2n) is 4.38. The number of carboxylic acid groups (broad SMARTS) is 1. The Hall–Kier alpha value is -2.67. The van der Waals surface area contributed by atoms with E-state index in [1.165, 1.54) is 6.07 Å². The Bertz CT molecular complexity index is 736. The number of nitrogens with one attached hydrogen (secondary N) is 1. The number of para-hydroxylation sites is 1. The first-order valence-electron chi connectivity index (χ1n) is 6.21. The molecule has 0 radical (unpaired) electrons. The van der Waals surface area contributed by atoms with Crippen LogP contribution in [0.1, 0.15) is 16.8 Å². The summed E-state index contributed by atoms with van der Waals surface area (Å²) in [4.78, 5) is 34.0. The molecular weight excluding hydrogens is 278 g/mol. The molecule has 1 unspecified atom stereocenters. The first-order chi connectivity index (χ1) is 9.99. The number of benzene rings is 1. The van der Waals surface area contributed by atoms with Gasteiger partial charge in [-0.3, -0.25) is 4.79 Å². The molecule has 1 heterocycles. The predicted molar refractivity (Wildman–Crippen MR) is 73.1 cm³/mol. The van der Waals surface area contributed by atoms with Crippen molar-refractivity contribution >= 4 is 22.8 Å². The molecule has 21 heavy (non-hydrogen) atoms. The first-order valence-corrected chi connectivity index (χ1v) is 6.21. The van der Waals surface area contributed by atoms with Gasteiger partial charge in [0.2, 0.25) is 0 Å². The van der Waals surface area contributed by atoms with Crippen LogP contribution in [0.3, 0.4) is 0 Å². The first kappa shape index (κ1) is 14.7. The molecule has 1 amide bonds. The maximum absolute atomic E-state index is 11.9. The lowest BCUT2D eigenvalue weighted by Gasteiger charge is -2.07. The Morgan fingerprint density at radius 3 is 2.71 bits per heavy atom. The van der Waals surface area contributed by atoms with E-state index in [0.717, 1.165) is 0 Å². The number of hydrogen-bond donors (Lipinski definition) is 3. The van der Waals surface area contributed by atoms with Gasteiger partial charge in [0.05, 0.1) is 0 Å². The van der Waals surface area contributed by atoms with E-state index in [-0.39, 0.29) is 18.5 Å². The normalized spacial score (nSPS) is 12.0. The molecular formula is C14H13NO6. The van der Waals surface area contributed by atoms with Crippen LogP contribution in [0.25, 0.3) is 11.0 Å². The molecule has 0 aliphatic rings. The molecule has 3 N–H and O–H groups in total. The van der Waals surface area contributed by atoms with Crippen molar-refractivity contribution < 1.29 is 24.2 Å². The Balaban J connectivity index is 2.11. The standard InChI is InChI=1S/C14H13NO6/c16-10(13(18)19)5-6-15-12(17)9-7-8-3-1-2-4-11(8)21-14(9)20/h1-4,7,10,16H,5-6H2,(H,15,17)(H,18,19). The highest BCUT2D eigenvalue weighted by atomic mass is 16.4. The van der Waals surface area contributed by atoms with Crippen molar-refractivity contribution in [1.29, 1.82) is 0 Å². The van der Waals surface area contributed by atoms with Gasteiger partial charge in [-0.25, -0.2) is 9.59 Å². The van der Waals surface area contributed by atoms with Gasteiger partial charge in [-0.1, -0.05) is 18.2 Å². The van der Waals surface area contributed by atoms with Crippen molar-refractivity contribution in [3.05, 3.63) is 46.3 Å². The van der Waals surface area contributed by atoms with Gasteiger partial charge in [0, 0.05) is 18.4 Å². The maximum Gasteiger partial charge on any atom is 0.349 e. The van der Waals surface area contributed by atoms with Gasteiger partial charge in [0.1, 0.15) is 11.1 Å². The number of fused-ring (bicyclic) bond motifs is 1. The van der Waals surface area contributed by atoms with E-state index in [1.54, 1.807) is 24.3 Å². The lowest BCUT2D eigenvalue weighted by atomic mass is 10.1. The minimum Gasteiger partial charge on any atom is -0.479 e. The number of rotatable bonds is 5. The molecule has 0 saturated heterocycles. The van der Waals surface area contributed by atoms with Gasteiger partial charge >= 0.3 is 11.6 Å². The Kier molecular flexibility index (Phi) is 4.34. The highest BCUT2D eigenvalue weighted by Gasteiger charge is 2.16. The van der Waals surface area contributed by atoms with E-state index in [2.05, 4.69) is 5.32 Å². The van der Waals surface area contributed by atoms with Gasteiger partial charge < -0.3 is 19.9 Å². The molecule has 0 bridgehead atoms. The molecule has 1 atom stereocenters. The van der Waals surface area contributed by atoms with Crippen LogP contribution in [0.4, 0.5) is 0 Å². The van der Waals surface area contributed by atoms with Crippen molar-refractivity contribution in [1.82, 2.24) is 5.32 Å². The second kappa shape index (κ2) is 6.19. The summed E-state index contributed by atoms with van der Waals surface area (Å²) >= 11 is 0. The zero-order valence-corrected chi connectivity index (χ0v) is 10.9. The fraction of sp³-hybridized carbons (Fsp3) is 0.214. The summed E-state index contributed by atoms with van der Waals surface area (Å²) in [6.07, 6.45) is -1.71. The van der Waals surface area contributed by atoms with Gasteiger partial charge in [-0.15, -0.1) is 0 Å². The lowest BCUT2D eigenvalue weighted by molar-refractivity contribution is -0.146. The minimum absolute atomic E-state index is 0.0709. The third-order valence-electron chi connectivity index (χ3n) is 2.87. The van der Waals surface area contributed by atoms with E-state index < -0.39 is 23.6 Å². The predicted octanol–water partition coefficient (Wildman–Crippen LogP) is 0.358. The average Bonchev–Trinajstić information content (AvgIpc) is 2.46. The largest absolute Gasteiger partial charge is 0.479 e. The maximum atomic E-state index is 11.9. The van der Waals surface area contributed by atoms with Crippen molar-refractivity contribution in [2.24, 2.45) is 0 Å². The SMILES string of the molecule is O=C(NCCC(O)C(=O)O)c1cc2ccccc2oc1=O. The van der Waals surface area contributed by atoms with Crippen LogP contribution in [0.2, 0.25) is 0 Å². The number of aliphatic hydroxyl groups is 1. The summed E-state index contributed by atoms with van der Waals surface area (Å²) in [7, 11) is 0. The van der Waals surface area contributed by atoms with E-state index in [0.29, 0.717) is 11.0 Å². The molecule has 1 aromatic heterocycles. The van der Waals surface area contributed by atoms with Crippen molar-refractivity contribution in [3.63, 3.8) is 0 Å². The Labute approximate surface area is 118 Å². The molecule has 2 rings (SSSR count). The van der Waals surface area contributed by atoms with Gasteiger partial charge in [-0.2, -0.15) is 0 Å². The fourth-order valence-corrected chi connectivity index (χ4v) is 1.76. The smallest absolute Gasteiger partial charge is 0.349 e. The van der Waals surface area contributed by atoms with Gasteiger partial charge in [0.25, 0.3) is 5.91 Å². The average molecular weight is 291 g/mol. The van der Waals surface area contributed by atoms with E-state index in [4.69, 9.17) is 14.6 Å². The number of hydrogen-bond acceptors (Lipinski definition) is 5. The molecule has 0 aliphatic heterocycles. The molecule has 7 heteroatoms. The Morgan fingerprint density at radius 2 is 2.00 bits per heavy atom. The zero-order chi connectivity index (χ0) is 15.4. The van der Waals surface area contributed by atoms with Crippen LogP contribution in [-0.4, -0.2) is 34.7 Å². The van der Waals surface area contributed by atoms with E-state index >= 15 is 0 Å². The van der Waals surface area contributed by atoms with E-state index in [9.17, 15) is 14.4 Å². The van der Waals surface area contributed by atoms with Crippen molar-refractivity contribution in [2.45, 2.75) is 12.5 Å². The third kappa shape index (κ3) is 3.46. The second-order valence-corrected chi connectivity index (χ2v) is 4.38. The van der Waals surface area contributed by atoms with Crippen LogP contribution in [0, 0.1) is 0 Å². The molecule has 0 fully saturated rings. The fourth-order valence-electron chi connectivity index (χ4n) is 1.76. The third-order valence-corrected chi connectivity index (χ3v) is 2.87. The number of carboxylic acids is 1. The Morgan fingerprint density at radius 1 is 1.29 bits per heavy atom.